The number of hydrogen-bond donors (Lipinski definition) is 0. The second-order valence-electron chi connectivity index (χ2n) is 3.44. The summed E-state index contributed by atoms with van der Waals surface area (Å²) in [5.74, 6) is -1.82. The first-order chi connectivity index (χ1) is 9.08. The van der Waals surface area contributed by atoms with Crippen LogP contribution in [0.2, 0.25) is 0 Å². The average molecular weight is 267 g/mol. The van der Waals surface area contributed by atoms with Crippen molar-refractivity contribution in [3.63, 3.8) is 0 Å². The zero-order chi connectivity index (χ0) is 14.3. The van der Waals surface area contributed by atoms with E-state index in [1.165, 1.54) is 32.7 Å². The molecule has 0 aromatic carbocycles. The van der Waals surface area contributed by atoms with Crippen LogP contribution in [0.25, 0.3) is 0 Å². The molecule has 1 rings (SSSR count). The Morgan fingerprint density at radius 1 is 1.11 bits per heavy atom. The maximum atomic E-state index is 12.1. The molecule has 0 spiro atoms. The van der Waals surface area contributed by atoms with Crippen LogP contribution >= 0.6 is 0 Å². The lowest BCUT2D eigenvalue weighted by Gasteiger charge is -2.19. The van der Waals surface area contributed by atoms with Gasteiger partial charge in [-0.3, -0.25) is 14.4 Å². The van der Waals surface area contributed by atoms with Gasteiger partial charge in [0.25, 0.3) is 5.91 Å². The van der Waals surface area contributed by atoms with Crippen LogP contribution in [-0.2, 0) is 19.1 Å². The van der Waals surface area contributed by atoms with Crippen molar-refractivity contribution in [3.8, 4) is 0 Å². The number of ether oxygens (including phenoxy) is 2. The Labute approximate surface area is 109 Å². The molecule has 0 fully saturated rings. The maximum absolute atomic E-state index is 12.1. The number of esters is 2. The molecule has 102 valence electrons. The number of hydrogen-bond acceptors (Lipinski definition) is 7. The fourth-order valence-corrected chi connectivity index (χ4v) is 1.24. The summed E-state index contributed by atoms with van der Waals surface area (Å²) >= 11 is 0. The SMILES string of the molecule is COC(=O)CN(CC(=O)OC)C(=O)c1ccnnc1. The summed E-state index contributed by atoms with van der Waals surface area (Å²) in [5, 5.41) is 7.09. The van der Waals surface area contributed by atoms with E-state index in [2.05, 4.69) is 19.7 Å². The van der Waals surface area contributed by atoms with Crippen LogP contribution in [0.5, 0.6) is 0 Å². The topological polar surface area (TPSA) is 98.7 Å². The van der Waals surface area contributed by atoms with E-state index in [9.17, 15) is 14.4 Å². The van der Waals surface area contributed by atoms with Crippen LogP contribution < -0.4 is 0 Å². The van der Waals surface area contributed by atoms with Gasteiger partial charge in [-0.15, -0.1) is 0 Å². The average Bonchev–Trinajstić information content (AvgIpc) is 2.46. The van der Waals surface area contributed by atoms with E-state index in [0.29, 0.717) is 0 Å². The molecule has 0 saturated carbocycles. The van der Waals surface area contributed by atoms with Gasteiger partial charge in [0.1, 0.15) is 13.1 Å². The summed E-state index contributed by atoms with van der Waals surface area (Å²) < 4.78 is 8.94. The molecule has 0 aliphatic carbocycles. The lowest BCUT2D eigenvalue weighted by Crippen LogP contribution is -2.40. The minimum Gasteiger partial charge on any atom is -0.468 e. The van der Waals surface area contributed by atoms with Crippen LogP contribution in [0.15, 0.2) is 18.5 Å². The first kappa shape index (κ1) is 14.6. The molecule has 0 bridgehead atoms. The Kier molecular flexibility index (Phi) is 5.39. The highest BCUT2D eigenvalue weighted by atomic mass is 16.5. The third-order valence-corrected chi connectivity index (χ3v) is 2.21. The largest absolute Gasteiger partial charge is 0.468 e. The van der Waals surface area contributed by atoms with Crippen molar-refractivity contribution in [2.24, 2.45) is 0 Å². The van der Waals surface area contributed by atoms with Crippen LogP contribution in [0.1, 0.15) is 10.4 Å². The van der Waals surface area contributed by atoms with Gasteiger partial charge in [-0.25, -0.2) is 0 Å². The van der Waals surface area contributed by atoms with E-state index in [-0.39, 0.29) is 18.7 Å². The molecule has 0 unspecified atom stereocenters. The predicted molar refractivity (Wildman–Crippen MR) is 62.0 cm³/mol. The van der Waals surface area contributed by atoms with E-state index in [0.717, 1.165) is 4.90 Å². The summed E-state index contributed by atoms with van der Waals surface area (Å²) in [6.45, 7) is -0.709. The standard InChI is InChI=1S/C11H13N3O5/c1-18-9(15)6-14(7-10(16)19-2)11(17)8-3-4-12-13-5-8/h3-5H,6-7H2,1-2H3. The van der Waals surface area contributed by atoms with Crippen LogP contribution in [-0.4, -0.2) is 60.3 Å². The molecule has 19 heavy (non-hydrogen) atoms. The van der Waals surface area contributed by atoms with Crippen molar-refractivity contribution in [2.75, 3.05) is 27.3 Å². The maximum Gasteiger partial charge on any atom is 0.325 e. The third-order valence-electron chi connectivity index (χ3n) is 2.21. The van der Waals surface area contributed by atoms with Crippen molar-refractivity contribution in [1.29, 1.82) is 0 Å². The number of aromatic nitrogens is 2. The van der Waals surface area contributed by atoms with E-state index in [1.54, 1.807) is 0 Å². The first-order valence-electron chi connectivity index (χ1n) is 5.28. The summed E-state index contributed by atoms with van der Waals surface area (Å²) in [6, 6.07) is 1.43. The highest BCUT2D eigenvalue weighted by Crippen LogP contribution is 2.03. The zero-order valence-electron chi connectivity index (χ0n) is 10.5. The number of carbonyl (C=O) groups is 3. The van der Waals surface area contributed by atoms with Gasteiger partial charge in [0.2, 0.25) is 0 Å². The van der Waals surface area contributed by atoms with Gasteiger partial charge in [0.05, 0.1) is 32.2 Å². The van der Waals surface area contributed by atoms with Gasteiger partial charge in [0, 0.05) is 0 Å². The molecule has 1 amide bonds. The Hall–Kier alpha value is -2.51. The molecule has 0 aliphatic heterocycles. The molecular weight excluding hydrogens is 254 g/mol. The monoisotopic (exact) mass is 267 g/mol. The smallest absolute Gasteiger partial charge is 0.325 e. The Balaban J connectivity index is 2.86. The van der Waals surface area contributed by atoms with Gasteiger partial charge >= 0.3 is 11.9 Å². The lowest BCUT2D eigenvalue weighted by atomic mass is 10.2. The second-order valence-corrected chi connectivity index (χ2v) is 3.44. The first-order valence-corrected chi connectivity index (χ1v) is 5.28. The van der Waals surface area contributed by atoms with E-state index < -0.39 is 17.8 Å². The molecule has 0 radical (unpaired) electrons. The molecule has 0 aliphatic rings. The molecule has 8 nitrogen and oxygen atoms in total. The fourth-order valence-electron chi connectivity index (χ4n) is 1.24. The molecular formula is C11H13N3O5. The van der Waals surface area contributed by atoms with Crippen molar-refractivity contribution in [2.45, 2.75) is 0 Å². The number of carbonyl (C=O) groups excluding carboxylic acids is 3. The zero-order valence-corrected chi connectivity index (χ0v) is 10.5. The Morgan fingerprint density at radius 2 is 1.68 bits per heavy atom. The molecule has 8 heteroatoms. The highest BCUT2D eigenvalue weighted by Gasteiger charge is 2.22. The van der Waals surface area contributed by atoms with Crippen LogP contribution in [0, 0.1) is 0 Å². The normalized spacial score (nSPS) is 9.58. The van der Waals surface area contributed by atoms with Gasteiger partial charge in [-0.2, -0.15) is 10.2 Å². The highest BCUT2D eigenvalue weighted by molar-refractivity contribution is 5.97. The molecule has 0 saturated heterocycles. The second kappa shape index (κ2) is 7.04. The Bertz CT molecular complexity index is 445. The Morgan fingerprint density at radius 3 is 2.11 bits per heavy atom. The van der Waals surface area contributed by atoms with Crippen LogP contribution in [0.3, 0.4) is 0 Å². The van der Waals surface area contributed by atoms with E-state index in [4.69, 9.17) is 0 Å². The van der Waals surface area contributed by atoms with Gasteiger partial charge in [0.15, 0.2) is 0 Å². The van der Waals surface area contributed by atoms with Crippen molar-refractivity contribution in [1.82, 2.24) is 15.1 Å². The predicted octanol–water partition coefficient (Wildman–Crippen LogP) is -0.735. The number of rotatable bonds is 5. The van der Waals surface area contributed by atoms with Crippen LogP contribution in [0.4, 0.5) is 0 Å². The van der Waals surface area contributed by atoms with E-state index in [1.807, 2.05) is 0 Å². The summed E-state index contributed by atoms with van der Waals surface area (Å²) in [7, 11) is 2.38. The summed E-state index contributed by atoms with van der Waals surface area (Å²) in [4.78, 5) is 35.6. The van der Waals surface area contributed by atoms with Gasteiger partial charge < -0.3 is 14.4 Å². The molecule has 0 atom stereocenters. The van der Waals surface area contributed by atoms with Gasteiger partial charge in [-0.1, -0.05) is 0 Å². The quantitative estimate of drug-likeness (QED) is 0.648. The summed E-state index contributed by atoms with van der Waals surface area (Å²) in [5.41, 5.74) is 0.211. The van der Waals surface area contributed by atoms with Gasteiger partial charge in [-0.05, 0) is 6.07 Å². The summed E-state index contributed by atoms with van der Waals surface area (Å²) in [6.07, 6.45) is 2.57. The number of methoxy groups -OCH3 is 2. The van der Waals surface area contributed by atoms with Crippen molar-refractivity contribution in [3.05, 3.63) is 24.0 Å². The van der Waals surface area contributed by atoms with E-state index >= 15 is 0 Å². The lowest BCUT2D eigenvalue weighted by molar-refractivity contribution is -0.144. The third kappa shape index (κ3) is 4.34. The number of amides is 1. The molecule has 1 aromatic heterocycles. The molecule has 0 N–H and O–H groups in total. The molecule has 1 aromatic rings. The van der Waals surface area contributed by atoms with Crippen molar-refractivity contribution < 1.29 is 23.9 Å². The minimum absolute atomic E-state index is 0.211. The number of nitrogens with zero attached hydrogens (tertiary/aromatic N) is 3. The molecule has 1 heterocycles. The van der Waals surface area contributed by atoms with Crippen molar-refractivity contribution >= 4 is 17.8 Å². The minimum atomic E-state index is -0.640. The fraction of sp³-hybridized carbons (Fsp3) is 0.364.